The topological polar surface area (TPSA) is 68.0 Å². The van der Waals surface area contributed by atoms with E-state index in [-0.39, 0.29) is 17.4 Å². The minimum absolute atomic E-state index is 0.0485. The van der Waals surface area contributed by atoms with Gasteiger partial charge < -0.3 is 11.1 Å². The van der Waals surface area contributed by atoms with Gasteiger partial charge in [0.05, 0.1) is 6.04 Å². The fraction of sp³-hybridized carbons (Fsp3) is 0.692. The molecule has 1 aliphatic carbocycles. The Labute approximate surface area is 112 Å². The molecule has 1 aromatic rings. The van der Waals surface area contributed by atoms with Gasteiger partial charge in [0.2, 0.25) is 5.91 Å². The molecule has 1 atom stereocenters. The maximum Gasteiger partial charge on any atom is 0.221 e. The Bertz CT molecular complexity index is 381. The number of aromatic nitrogens is 1. The molecule has 1 saturated carbocycles. The number of nitrogens with one attached hydrogen (secondary N) is 1. The first-order chi connectivity index (χ1) is 8.69. The van der Waals surface area contributed by atoms with E-state index in [0.717, 1.165) is 24.3 Å². The lowest BCUT2D eigenvalue weighted by molar-refractivity contribution is -0.125. The first kappa shape index (κ1) is 13.5. The Morgan fingerprint density at radius 1 is 1.67 bits per heavy atom. The summed E-state index contributed by atoms with van der Waals surface area (Å²) in [5, 5.41) is 6.01. The monoisotopic (exact) mass is 267 g/mol. The second-order valence-electron chi connectivity index (χ2n) is 5.13. The molecule has 5 heteroatoms. The smallest absolute Gasteiger partial charge is 0.221 e. The molecule has 1 aromatic heterocycles. The van der Waals surface area contributed by atoms with Crippen LogP contribution in [-0.4, -0.2) is 17.4 Å². The van der Waals surface area contributed by atoms with Gasteiger partial charge in [0.1, 0.15) is 5.01 Å². The zero-order chi connectivity index (χ0) is 13.0. The molecule has 4 nitrogen and oxygen atoms in total. The number of nitrogens with two attached hydrogens (primary N) is 1. The van der Waals surface area contributed by atoms with Crippen LogP contribution in [0.1, 0.15) is 50.1 Å². The van der Waals surface area contributed by atoms with Gasteiger partial charge in [-0.1, -0.05) is 13.3 Å². The van der Waals surface area contributed by atoms with Crippen molar-refractivity contribution < 1.29 is 4.79 Å². The Morgan fingerprint density at radius 2 is 2.44 bits per heavy atom. The Balaban J connectivity index is 1.90. The fourth-order valence-electron chi connectivity index (χ4n) is 2.46. The van der Waals surface area contributed by atoms with E-state index < -0.39 is 0 Å². The summed E-state index contributed by atoms with van der Waals surface area (Å²) in [7, 11) is 0. The Kier molecular flexibility index (Phi) is 4.35. The maximum atomic E-state index is 12.1. The number of nitrogens with zero attached hydrogens (tertiary/aromatic N) is 1. The summed E-state index contributed by atoms with van der Waals surface area (Å²) in [5.74, 6) is 0.113. The highest BCUT2D eigenvalue weighted by Gasteiger charge is 2.37. The molecule has 100 valence electrons. The van der Waals surface area contributed by atoms with Crippen molar-refractivity contribution in [1.82, 2.24) is 10.3 Å². The Hall–Kier alpha value is -0.940. The van der Waals surface area contributed by atoms with Crippen LogP contribution < -0.4 is 11.1 Å². The van der Waals surface area contributed by atoms with E-state index in [0.29, 0.717) is 13.0 Å². The normalized spacial score (nSPS) is 19.0. The van der Waals surface area contributed by atoms with Gasteiger partial charge in [-0.2, -0.15) is 0 Å². The molecule has 18 heavy (non-hydrogen) atoms. The van der Waals surface area contributed by atoms with Gasteiger partial charge in [-0.3, -0.25) is 4.79 Å². The molecule has 1 amide bonds. The molecule has 0 radical (unpaired) electrons. The maximum absolute atomic E-state index is 12.1. The molecular weight excluding hydrogens is 246 g/mol. The summed E-state index contributed by atoms with van der Waals surface area (Å²) in [6, 6.07) is 0.0485. The summed E-state index contributed by atoms with van der Waals surface area (Å²) >= 11 is 1.59. The van der Waals surface area contributed by atoms with Gasteiger partial charge in [-0.25, -0.2) is 4.98 Å². The number of amides is 1. The first-order valence-corrected chi connectivity index (χ1v) is 7.46. The van der Waals surface area contributed by atoms with Crippen LogP contribution in [0.25, 0.3) is 0 Å². The SMILES string of the molecule is CCC(NC(=O)CC1(CN)CCC1)c1nccs1. The number of rotatable bonds is 6. The quantitative estimate of drug-likeness (QED) is 0.830. The zero-order valence-electron chi connectivity index (χ0n) is 10.8. The minimum Gasteiger partial charge on any atom is -0.347 e. The minimum atomic E-state index is 0.0485. The van der Waals surface area contributed by atoms with Crippen LogP contribution in [0.3, 0.4) is 0 Å². The summed E-state index contributed by atoms with van der Waals surface area (Å²) in [6.07, 6.45) is 6.59. The van der Waals surface area contributed by atoms with Gasteiger partial charge >= 0.3 is 0 Å². The van der Waals surface area contributed by atoms with Crippen LogP contribution in [0, 0.1) is 5.41 Å². The molecule has 2 rings (SSSR count). The molecule has 0 spiro atoms. The van der Waals surface area contributed by atoms with E-state index in [1.54, 1.807) is 17.5 Å². The molecule has 1 aliphatic rings. The number of hydrogen-bond donors (Lipinski definition) is 2. The van der Waals surface area contributed by atoms with E-state index in [1.807, 2.05) is 5.38 Å². The van der Waals surface area contributed by atoms with Crippen molar-refractivity contribution in [2.24, 2.45) is 11.1 Å². The molecule has 1 unspecified atom stereocenters. The van der Waals surface area contributed by atoms with Crippen LogP contribution in [0.15, 0.2) is 11.6 Å². The third-order valence-corrected chi connectivity index (χ3v) is 4.76. The van der Waals surface area contributed by atoms with Crippen LogP contribution in [0.2, 0.25) is 0 Å². The highest BCUT2D eigenvalue weighted by atomic mass is 32.1. The van der Waals surface area contributed by atoms with Crippen LogP contribution in [-0.2, 0) is 4.79 Å². The predicted octanol–water partition coefficient (Wildman–Crippen LogP) is 2.23. The van der Waals surface area contributed by atoms with E-state index >= 15 is 0 Å². The summed E-state index contributed by atoms with van der Waals surface area (Å²) in [5.41, 5.74) is 5.86. The molecule has 3 N–H and O–H groups in total. The average molecular weight is 267 g/mol. The lowest BCUT2D eigenvalue weighted by atomic mass is 9.66. The van der Waals surface area contributed by atoms with Crippen molar-refractivity contribution in [2.45, 2.75) is 45.1 Å². The van der Waals surface area contributed by atoms with Gasteiger partial charge in [-0.15, -0.1) is 11.3 Å². The first-order valence-electron chi connectivity index (χ1n) is 6.58. The molecular formula is C13H21N3OS. The van der Waals surface area contributed by atoms with Crippen molar-refractivity contribution >= 4 is 17.2 Å². The van der Waals surface area contributed by atoms with E-state index in [2.05, 4.69) is 17.2 Å². The highest BCUT2D eigenvalue weighted by Crippen LogP contribution is 2.42. The number of carbonyl (C=O) groups excluding carboxylic acids is 1. The van der Waals surface area contributed by atoms with Crippen molar-refractivity contribution in [3.8, 4) is 0 Å². The highest BCUT2D eigenvalue weighted by molar-refractivity contribution is 7.09. The zero-order valence-corrected chi connectivity index (χ0v) is 11.6. The molecule has 0 aromatic carbocycles. The van der Waals surface area contributed by atoms with E-state index in [4.69, 9.17) is 5.73 Å². The third-order valence-electron chi connectivity index (χ3n) is 3.88. The van der Waals surface area contributed by atoms with Crippen molar-refractivity contribution in [2.75, 3.05) is 6.54 Å². The van der Waals surface area contributed by atoms with Crippen LogP contribution in [0.5, 0.6) is 0 Å². The van der Waals surface area contributed by atoms with Gasteiger partial charge in [0.25, 0.3) is 0 Å². The summed E-state index contributed by atoms with van der Waals surface area (Å²) in [6.45, 7) is 2.68. The van der Waals surface area contributed by atoms with Gasteiger partial charge in [0.15, 0.2) is 0 Å². The number of carbonyl (C=O) groups is 1. The van der Waals surface area contributed by atoms with Gasteiger partial charge in [-0.05, 0) is 31.2 Å². The van der Waals surface area contributed by atoms with Crippen molar-refractivity contribution in [3.63, 3.8) is 0 Å². The third kappa shape index (κ3) is 2.90. The van der Waals surface area contributed by atoms with Gasteiger partial charge in [0, 0.05) is 18.0 Å². The molecule has 1 heterocycles. The average Bonchev–Trinajstić information content (AvgIpc) is 2.84. The second-order valence-corrected chi connectivity index (χ2v) is 6.06. The van der Waals surface area contributed by atoms with Crippen LogP contribution >= 0.6 is 11.3 Å². The number of hydrogen-bond acceptors (Lipinski definition) is 4. The van der Waals surface area contributed by atoms with Crippen LogP contribution in [0.4, 0.5) is 0 Å². The molecule has 1 fully saturated rings. The lowest BCUT2D eigenvalue weighted by Crippen LogP contribution is -2.42. The summed E-state index contributed by atoms with van der Waals surface area (Å²) < 4.78 is 0. The van der Waals surface area contributed by atoms with Crippen molar-refractivity contribution in [1.29, 1.82) is 0 Å². The van der Waals surface area contributed by atoms with E-state index in [9.17, 15) is 4.79 Å². The standard InChI is InChI=1S/C13H21N3OS/c1-2-10(12-15-6-7-18-12)16-11(17)8-13(9-14)4-3-5-13/h6-7,10H,2-5,8-9,14H2,1H3,(H,16,17). The summed E-state index contributed by atoms with van der Waals surface area (Å²) in [4.78, 5) is 16.4. The second kappa shape index (κ2) is 5.80. The lowest BCUT2D eigenvalue weighted by Gasteiger charge is -2.40. The van der Waals surface area contributed by atoms with Crippen molar-refractivity contribution in [3.05, 3.63) is 16.6 Å². The molecule has 0 saturated heterocycles. The molecule has 0 bridgehead atoms. The van der Waals surface area contributed by atoms with E-state index in [1.165, 1.54) is 6.42 Å². The largest absolute Gasteiger partial charge is 0.347 e. The fourth-order valence-corrected chi connectivity index (χ4v) is 3.23. The number of thiazole rings is 1. The Morgan fingerprint density at radius 3 is 2.89 bits per heavy atom. The predicted molar refractivity (Wildman–Crippen MR) is 73.2 cm³/mol. The molecule has 0 aliphatic heterocycles.